The van der Waals surface area contributed by atoms with Crippen molar-refractivity contribution in [1.29, 1.82) is 0 Å². The van der Waals surface area contributed by atoms with Crippen LogP contribution in [0.3, 0.4) is 0 Å². The fourth-order valence-corrected chi connectivity index (χ4v) is 3.75. The molecule has 38 heavy (non-hydrogen) atoms. The summed E-state index contributed by atoms with van der Waals surface area (Å²) in [6.07, 6.45) is 3.60. The van der Waals surface area contributed by atoms with Crippen LogP contribution < -0.4 is 5.32 Å². The van der Waals surface area contributed by atoms with E-state index in [-0.39, 0.29) is 17.9 Å². The number of carboxylic acid groups (broad SMARTS) is 1. The Bertz CT molecular complexity index is 1300. The highest BCUT2D eigenvalue weighted by Crippen LogP contribution is 2.28. The summed E-state index contributed by atoms with van der Waals surface area (Å²) in [5.74, 6) is -1.54. The number of carboxylic acids is 1. The molecule has 0 saturated carbocycles. The van der Waals surface area contributed by atoms with Gasteiger partial charge in [-0.1, -0.05) is 24.3 Å². The Morgan fingerprint density at radius 1 is 1.11 bits per heavy atom. The monoisotopic (exact) mass is 519 g/mol. The summed E-state index contributed by atoms with van der Waals surface area (Å²) in [6.45, 7) is 6.14. The number of rotatable bonds is 8. The zero-order valence-corrected chi connectivity index (χ0v) is 21.4. The van der Waals surface area contributed by atoms with E-state index >= 15 is 0 Å². The number of benzene rings is 1. The Kier molecular flexibility index (Phi) is 7.96. The zero-order valence-electron chi connectivity index (χ0n) is 21.4. The Labute approximate surface area is 219 Å². The van der Waals surface area contributed by atoms with Crippen molar-refractivity contribution in [3.63, 3.8) is 0 Å². The summed E-state index contributed by atoms with van der Waals surface area (Å²) in [7, 11) is 0. The topological polar surface area (TPSA) is 144 Å². The number of carbonyl (C=O) groups is 3. The normalized spacial score (nSPS) is 13.3. The molecule has 1 saturated heterocycles. The van der Waals surface area contributed by atoms with Crippen LogP contribution in [0.4, 0.5) is 10.5 Å². The zero-order chi connectivity index (χ0) is 27.3. The van der Waals surface area contributed by atoms with E-state index in [1.165, 1.54) is 23.6 Å². The number of anilines is 1. The highest BCUT2D eigenvalue weighted by atomic mass is 16.6. The second-order valence-electron chi connectivity index (χ2n) is 9.87. The molecule has 0 bridgehead atoms. The molecule has 2 aromatic heterocycles. The number of ether oxygens (including phenoxy) is 2. The average molecular weight is 520 g/mol. The van der Waals surface area contributed by atoms with E-state index in [9.17, 15) is 19.5 Å². The van der Waals surface area contributed by atoms with Crippen molar-refractivity contribution in [2.24, 2.45) is 0 Å². The van der Waals surface area contributed by atoms with Crippen molar-refractivity contribution in [2.45, 2.75) is 38.8 Å². The summed E-state index contributed by atoms with van der Waals surface area (Å²) in [6, 6.07) is 11.0. The first-order valence-corrected chi connectivity index (χ1v) is 12.0. The number of nitrogens with one attached hydrogen (secondary N) is 1. The van der Waals surface area contributed by atoms with Gasteiger partial charge in [0.2, 0.25) is 5.91 Å². The quantitative estimate of drug-likeness (QED) is 0.455. The van der Waals surface area contributed by atoms with E-state index in [1.807, 2.05) is 24.3 Å². The number of hydrogen-bond acceptors (Lipinski definition) is 8. The van der Waals surface area contributed by atoms with E-state index in [4.69, 9.17) is 9.47 Å². The highest BCUT2D eigenvalue weighted by Gasteiger charge is 2.26. The predicted octanol–water partition coefficient (Wildman–Crippen LogP) is 3.73. The maximum Gasteiger partial charge on any atom is 0.411 e. The molecule has 1 aromatic carbocycles. The molecule has 1 aliphatic rings. The molecule has 2 N–H and O–H groups in total. The number of aromatic carboxylic acids is 1. The summed E-state index contributed by atoms with van der Waals surface area (Å²) < 4.78 is 10.7. The van der Waals surface area contributed by atoms with Gasteiger partial charge in [-0.3, -0.25) is 9.69 Å². The van der Waals surface area contributed by atoms with Crippen LogP contribution in [0, 0.1) is 0 Å². The van der Waals surface area contributed by atoms with Crippen LogP contribution in [0.2, 0.25) is 0 Å². The molecule has 0 unspecified atom stereocenters. The predicted molar refractivity (Wildman–Crippen MR) is 137 cm³/mol. The summed E-state index contributed by atoms with van der Waals surface area (Å²) in [5, 5.41) is 12.2. The van der Waals surface area contributed by atoms with Gasteiger partial charge in [-0.25, -0.2) is 24.5 Å². The van der Waals surface area contributed by atoms with Crippen molar-refractivity contribution >= 4 is 23.7 Å². The molecule has 4 rings (SSSR count). The number of hydrogen-bond donors (Lipinski definition) is 2. The van der Waals surface area contributed by atoms with Gasteiger partial charge in [0.25, 0.3) is 0 Å². The number of carbonyl (C=O) groups excluding carboxylic acids is 2. The van der Waals surface area contributed by atoms with Crippen LogP contribution in [0.25, 0.3) is 11.1 Å². The average Bonchev–Trinajstić information content (AvgIpc) is 2.82. The lowest BCUT2D eigenvalue weighted by Crippen LogP contribution is -2.41. The highest BCUT2D eigenvalue weighted by molar-refractivity contribution is 6.01. The summed E-state index contributed by atoms with van der Waals surface area (Å²) in [4.78, 5) is 50.9. The lowest BCUT2D eigenvalue weighted by molar-refractivity contribution is -0.117. The van der Waals surface area contributed by atoms with Gasteiger partial charge in [0, 0.05) is 23.9 Å². The first kappa shape index (κ1) is 26.7. The molecule has 0 radical (unpaired) electrons. The minimum Gasteiger partial charge on any atom is -0.476 e. The number of aromatic nitrogens is 3. The second-order valence-corrected chi connectivity index (χ2v) is 9.87. The van der Waals surface area contributed by atoms with Crippen LogP contribution in [-0.4, -0.2) is 68.3 Å². The third-order valence-corrected chi connectivity index (χ3v) is 5.70. The lowest BCUT2D eigenvalue weighted by Gasteiger charge is -2.27. The van der Waals surface area contributed by atoms with E-state index in [2.05, 4.69) is 20.3 Å². The van der Waals surface area contributed by atoms with Gasteiger partial charge in [0.1, 0.15) is 18.5 Å². The summed E-state index contributed by atoms with van der Waals surface area (Å²) >= 11 is 0. The molecule has 3 heterocycles. The van der Waals surface area contributed by atoms with Gasteiger partial charge in [-0.15, -0.1) is 0 Å². The van der Waals surface area contributed by atoms with Crippen LogP contribution in [0.15, 0.2) is 55.1 Å². The maximum atomic E-state index is 13.0. The van der Waals surface area contributed by atoms with Crippen molar-refractivity contribution in [1.82, 2.24) is 19.9 Å². The SMILES string of the molecule is CC(C)(C)OC(=O)N(CC(=O)Nc1cc(-c2ccc(C3COC3)cc2)cnc1C(=O)O)Cc1ccncn1. The summed E-state index contributed by atoms with van der Waals surface area (Å²) in [5.41, 5.74) is 2.03. The molecule has 2 amide bonds. The molecule has 0 spiro atoms. The molecule has 3 aromatic rings. The molecule has 0 atom stereocenters. The number of nitrogens with zero attached hydrogens (tertiary/aromatic N) is 4. The largest absolute Gasteiger partial charge is 0.476 e. The van der Waals surface area contributed by atoms with Crippen LogP contribution in [0.5, 0.6) is 0 Å². The first-order chi connectivity index (χ1) is 18.1. The first-order valence-electron chi connectivity index (χ1n) is 12.0. The van der Waals surface area contributed by atoms with Crippen molar-refractivity contribution in [3.8, 4) is 11.1 Å². The fourth-order valence-electron chi connectivity index (χ4n) is 3.75. The van der Waals surface area contributed by atoms with Gasteiger partial charge in [-0.2, -0.15) is 0 Å². The van der Waals surface area contributed by atoms with E-state index in [0.717, 1.165) is 11.1 Å². The molecular formula is C27H29N5O6. The molecule has 0 aliphatic carbocycles. The Hall–Kier alpha value is -4.38. The van der Waals surface area contributed by atoms with E-state index < -0.39 is 30.1 Å². The third-order valence-electron chi connectivity index (χ3n) is 5.70. The maximum absolute atomic E-state index is 13.0. The van der Waals surface area contributed by atoms with Gasteiger partial charge in [0.15, 0.2) is 5.69 Å². The van der Waals surface area contributed by atoms with Crippen molar-refractivity contribution in [2.75, 3.05) is 25.1 Å². The van der Waals surface area contributed by atoms with E-state index in [0.29, 0.717) is 30.4 Å². The van der Waals surface area contributed by atoms with Crippen LogP contribution >= 0.6 is 0 Å². The molecule has 11 heteroatoms. The molecule has 1 fully saturated rings. The minimum absolute atomic E-state index is 0.00663. The van der Waals surface area contributed by atoms with Gasteiger partial charge < -0.3 is 19.9 Å². The van der Waals surface area contributed by atoms with Crippen LogP contribution in [0.1, 0.15) is 48.4 Å². The van der Waals surface area contributed by atoms with Crippen LogP contribution in [-0.2, 0) is 20.8 Å². The van der Waals surface area contributed by atoms with Crippen molar-refractivity contribution < 1.29 is 29.0 Å². The third kappa shape index (κ3) is 6.88. The second kappa shape index (κ2) is 11.3. The standard InChI is InChI=1S/C27H29N5O6/c1-27(2,3)38-26(36)32(12-21-8-9-28-16-30-21)13-23(33)31-22-10-19(11-29-24(22)25(34)35)17-4-6-18(7-5-17)20-14-37-15-20/h4-11,16,20H,12-15H2,1-3H3,(H,31,33)(H,34,35). The fraction of sp³-hybridized carbons (Fsp3) is 0.333. The van der Waals surface area contributed by atoms with Gasteiger partial charge >= 0.3 is 12.1 Å². The van der Waals surface area contributed by atoms with Gasteiger partial charge in [-0.05, 0) is 44.0 Å². The molecule has 198 valence electrons. The molecule has 11 nitrogen and oxygen atoms in total. The number of amides is 2. The molecular weight excluding hydrogens is 490 g/mol. The minimum atomic E-state index is -1.29. The van der Waals surface area contributed by atoms with Crippen molar-refractivity contribution in [3.05, 3.63) is 72.1 Å². The Morgan fingerprint density at radius 2 is 1.84 bits per heavy atom. The number of pyridine rings is 1. The Morgan fingerprint density at radius 3 is 2.42 bits per heavy atom. The van der Waals surface area contributed by atoms with Gasteiger partial charge in [0.05, 0.1) is 31.1 Å². The Balaban J connectivity index is 1.54. The smallest absolute Gasteiger partial charge is 0.411 e. The van der Waals surface area contributed by atoms with E-state index in [1.54, 1.807) is 32.9 Å². The lowest BCUT2D eigenvalue weighted by atomic mass is 9.95. The molecule has 1 aliphatic heterocycles.